The molecule has 1 amide bonds. The molecule has 9 heteroatoms. The van der Waals surface area contributed by atoms with Crippen LogP contribution < -0.4 is 5.32 Å². The van der Waals surface area contributed by atoms with Crippen LogP contribution in [0.15, 0.2) is 0 Å². The van der Waals surface area contributed by atoms with Gasteiger partial charge in [-0.15, -0.1) is 17.5 Å². The Morgan fingerprint density at radius 3 is 2.76 bits per heavy atom. The molecule has 1 saturated heterocycles. The summed E-state index contributed by atoms with van der Waals surface area (Å²) in [6.07, 6.45) is 2.31. The SMILES string of the molecule is CN(CC(=O)N1CCNCC1)Cc1nnnn1C1CC1.Cl. The standard InChI is InChI=1S/C12H21N7O.ClH/c1-17(9-12(20)18-6-4-13-5-7-18)8-11-14-15-16-19(11)10-2-3-10;/h10,13H,2-9H2,1H3;1H. The quantitative estimate of drug-likeness (QED) is 0.773. The molecule has 3 rings (SSSR count). The van der Waals surface area contributed by atoms with Crippen molar-refractivity contribution in [1.29, 1.82) is 0 Å². The lowest BCUT2D eigenvalue weighted by atomic mass is 10.3. The van der Waals surface area contributed by atoms with Crippen LogP contribution in [-0.4, -0.2) is 75.7 Å². The molecule has 8 nitrogen and oxygen atoms in total. The number of carbonyl (C=O) groups excluding carboxylic acids is 1. The fourth-order valence-electron chi connectivity index (χ4n) is 2.46. The molecule has 0 radical (unpaired) electrons. The van der Waals surface area contributed by atoms with Crippen molar-refractivity contribution in [2.45, 2.75) is 25.4 Å². The maximum Gasteiger partial charge on any atom is 0.236 e. The summed E-state index contributed by atoms with van der Waals surface area (Å²) >= 11 is 0. The second-order valence-corrected chi connectivity index (χ2v) is 5.57. The zero-order chi connectivity index (χ0) is 13.9. The van der Waals surface area contributed by atoms with Gasteiger partial charge in [-0.2, -0.15) is 0 Å². The first-order valence-electron chi connectivity index (χ1n) is 7.18. The van der Waals surface area contributed by atoms with E-state index in [9.17, 15) is 4.79 Å². The molecule has 2 aliphatic rings. The molecule has 0 spiro atoms. The van der Waals surface area contributed by atoms with Gasteiger partial charge in [0.25, 0.3) is 0 Å². The molecule has 1 aromatic heterocycles. The second-order valence-electron chi connectivity index (χ2n) is 5.57. The minimum absolute atomic E-state index is 0. The van der Waals surface area contributed by atoms with Crippen LogP contribution in [0, 0.1) is 0 Å². The van der Waals surface area contributed by atoms with Crippen molar-refractivity contribution in [3.8, 4) is 0 Å². The first-order valence-corrected chi connectivity index (χ1v) is 7.18. The highest BCUT2D eigenvalue weighted by Gasteiger charge is 2.28. The molecule has 118 valence electrons. The van der Waals surface area contributed by atoms with Gasteiger partial charge in [0.15, 0.2) is 5.82 Å². The van der Waals surface area contributed by atoms with Gasteiger partial charge in [-0.25, -0.2) is 4.68 Å². The van der Waals surface area contributed by atoms with Gasteiger partial charge in [0.1, 0.15) is 0 Å². The van der Waals surface area contributed by atoms with E-state index in [0.29, 0.717) is 19.1 Å². The molecule has 21 heavy (non-hydrogen) atoms. The largest absolute Gasteiger partial charge is 0.339 e. The summed E-state index contributed by atoms with van der Waals surface area (Å²) in [5, 5.41) is 15.1. The van der Waals surface area contributed by atoms with Gasteiger partial charge in [0.05, 0.1) is 19.1 Å². The summed E-state index contributed by atoms with van der Waals surface area (Å²) in [5.41, 5.74) is 0. The first-order chi connectivity index (χ1) is 9.74. The van der Waals surface area contributed by atoms with Gasteiger partial charge in [-0.3, -0.25) is 9.69 Å². The molecule has 2 heterocycles. The highest BCUT2D eigenvalue weighted by Crippen LogP contribution is 2.34. The molecular formula is C12H22ClN7O. The van der Waals surface area contributed by atoms with Crippen molar-refractivity contribution in [3.05, 3.63) is 5.82 Å². The Bertz CT molecular complexity index is 470. The van der Waals surface area contributed by atoms with Crippen LogP contribution in [0.5, 0.6) is 0 Å². The van der Waals surface area contributed by atoms with Crippen molar-refractivity contribution in [3.63, 3.8) is 0 Å². The van der Waals surface area contributed by atoms with Crippen LogP contribution in [0.25, 0.3) is 0 Å². The Kier molecular flexibility index (Phi) is 5.49. The Morgan fingerprint density at radius 2 is 2.10 bits per heavy atom. The number of hydrogen-bond donors (Lipinski definition) is 1. The number of likely N-dealkylation sites (N-methyl/N-ethyl adjacent to an activating group) is 1. The maximum absolute atomic E-state index is 12.2. The van der Waals surface area contributed by atoms with Gasteiger partial charge in [0.2, 0.25) is 5.91 Å². The van der Waals surface area contributed by atoms with E-state index in [-0.39, 0.29) is 18.3 Å². The Morgan fingerprint density at radius 1 is 1.38 bits per heavy atom. The minimum atomic E-state index is 0. The van der Waals surface area contributed by atoms with E-state index in [1.165, 1.54) is 0 Å². The molecule has 0 atom stereocenters. The van der Waals surface area contributed by atoms with Gasteiger partial charge in [0, 0.05) is 26.2 Å². The van der Waals surface area contributed by atoms with E-state index in [0.717, 1.165) is 44.8 Å². The molecule has 0 unspecified atom stereocenters. The van der Waals surface area contributed by atoms with E-state index in [4.69, 9.17) is 0 Å². The van der Waals surface area contributed by atoms with Crippen molar-refractivity contribution in [1.82, 2.24) is 35.3 Å². The minimum Gasteiger partial charge on any atom is -0.339 e. The molecule has 1 aliphatic heterocycles. The predicted molar refractivity (Wildman–Crippen MR) is 79.1 cm³/mol. The normalized spacial score (nSPS) is 18.7. The Labute approximate surface area is 130 Å². The van der Waals surface area contributed by atoms with Gasteiger partial charge >= 0.3 is 0 Å². The lowest BCUT2D eigenvalue weighted by Gasteiger charge is -2.29. The van der Waals surface area contributed by atoms with Crippen LogP contribution in [0.4, 0.5) is 0 Å². The predicted octanol–water partition coefficient (Wildman–Crippen LogP) is -0.707. The van der Waals surface area contributed by atoms with E-state index >= 15 is 0 Å². The van der Waals surface area contributed by atoms with E-state index in [1.807, 2.05) is 21.5 Å². The molecule has 1 aromatic rings. The summed E-state index contributed by atoms with van der Waals surface area (Å²) < 4.78 is 1.89. The summed E-state index contributed by atoms with van der Waals surface area (Å²) in [7, 11) is 1.94. The lowest BCUT2D eigenvalue weighted by molar-refractivity contribution is -0.132. The summed E-state index contributed by atoms with van der Waals surface area (Å²) in [6, 6.07) is 0.470. The average Bonchev–Trinajstić information content (AvgIpc) is 3.20. The number of rotatable bonds is 5. The summed E-state index contributed by atoms with van der Waals surface area (Å²) in [5.74, 6) is 1.03. The van der Waals surface area contributed by atoms with Crippen LogP contribution in [0.2, 0.25) is 0 Å². The van der Waals surface area contributed by atoms with Crippen molar-refractivity contribution in [2.75, 3.05) is 39.8 Å². The zero-order valence-corrected chi connectivity index (χ0v) is 13.1. The highest BCUT2D eigenvalue weighted by atomic mass is 35.5. The Hall–Kier alpha value is -1.25. The number of carbonyl (C=O) groups is 1. The number of nitrogens with one attached hydrogen (secondary N) is 1. The molecular weight excluding hydrogens is 294 g/mol. The molecule has 0 aromatic carbocycles. The van der Waals surface area contributed by atoms with E-state index in [2.05, 4.69) is 20.8 Å². The summed E-state index contributed by atoms with van der Waals surface area (Å²) in [4.78, 5) is 16.1. The third-order valence-electron chi connectivity index (χ3n) is 3.74. The van der Waals surface area contributed by atoms with Gasteiger partial charge < -0.3 is 10.2 Å². The van der Waals surface area contributed by atoms with E-state index < -0.39 is 0 Å². The maximum atomic E-state index is 12.2. The number of aromatic nitrogens is 4. The first kappa shape index (κ1) is 16.1. The van der Waals surface area contributed by atoms with Crippen molar-refractivity contribution in [2.24, 2.45) is 0 Å². The van der Waals surface area contributed by atoms with Crippen molar-refractivity contribution >= 4 is 18.3 Å². The van der Waals surface area contributed by atoms with E-state index in [1.54, 1.807) is 0 Å². The number of amides is 1. The monoisotopic (exact) mass is 315 g/mol. The topological polar surface area (TPSA) is 79.2 Å². The molecule has 2 fully saturated rings. The third kappa shape index (κ3) is 4.12. The number of piperazine rings is 1. The fraction of sp³-hybridized carbons (Fsp3) is 0.833. The third-order valence-corrected chi connectivity index (χ3v) is 3.74. The average molecular weight is 316 g/mol. The molecule has 0 bridgehead atoms. The van der Waals surface area contributed by atoms with Crippen LogP contribution in [0.1, 0.15) is 24.7 Å². The second kappa shape index (κ2) is 7.15. The smallest absolute Gasteiger partial charge is 0.236 e. The van der Waals surface area contributed by atoms with Crippen molar-refractivity contribution < 1.29 is 4.79 Å². The van der Waals surface area contributed by atoms with Crippen LogP contribution in [-0.2, 0) is 11.3 Å². The van der Waals surface area contributed by atoms with Crippen LogP contribution >= 0.6 is 12.4 Å². The number of hydrogen-bond acceptors (Lipinski definition) is 6. The number of halogens is 1. The lowest BCUT2D eigenvalue weighted by Crippen LogP contribution is -2.49. The molecule has 1 aliphatic carbocycles. The summed E-state index contributed by atoms with van der Waals surface area (Å²) in [6.45, 7) is 4.39. The van der Waals surface area contributed by atoms with Crippen LogP contribution in [0.3, 0.4) is 0 Å². The molecule has 1 N–H and O–H groups in total. The number of nitrogens with zero attached hydrogens (tertiary/aromatic N) is 6. The Balaban J connectivity index is 0.00000161. The highest BCUT2D eigenvalue weighted by molar-refractivity contribution is 5.85. The fourth-order valence-corrected chi connectivity index (χ4v) is 2.46. The number of tetrazole rings is 1. The van der Waals surface area contributed by atoms with Gasteiger partial charge in [-0.05, 0) is 30.3 Å². The van der Waals surface area contributed by atoms with Gasteiger partial charge in [-0.1, -0.05) is 0 Å². The zero-order valence-electron chi connectivity index (χ0n) is 12.2. The molecule has 1 saturated carbocycles.